The lowest BCUT2D eigenvalue weighted by Gasteiger charge is -2.27. The number of rotatable bonds is 14. The van der Waals surface area contributed by atoms with E-state index in [1.54, 1.807) is 17.8 Å². The van der Waals surface area contributed by atoms with E-state index in [1.165, 1.54) is 6.07 Å². The maximum Gasteiger partial charge on any atom is 0.416 e. The summed E-state index contributed by atoms with van der Waals surface area (Å²) in [6, 6.07) is 7.29. The molecule has 2 unspecified atom stereocenters. The van der Waals surface area contributed by atoms with Crippen molar-refractivity contribution in [2.24, 2.45) is 0 Å². The highest BCUT2D eigenvalue weighted by molar-refractivity contribution is 7.99. The predicted octanol–water partition coefficient (Wildman–Crippen LogP) is 5.57. The maximum absolute atomic E-state index is 13.7. The van der Waals surface area contributed by atoms with Gasteiger partial charge in [0.2, 0.25) is 5.91 Å². The minimum Gasteiger partial charge on any atom is -0.390 e. The fourth-order valence-corrected chi connectivity index (χ4v) is 5.21. The third-order valence-corrected chi connectivity index (χ3v) is 7.52. The van der Waals surface area contributed by atoms with Crippen LogP contribution in [0.5, 0.6) is 0 Å². The van der Waals surface area contributed by atoms with E-state index >= 15 is 0 Å². The zero-order valence-corrected chi connectivity index (χ0v) is 21.5. The topological polar surface area (TPSA) is 61.4 Å². The molecule has 204 valence electrons. The lowest BCUT2D eigenvalue weighted by atomic mass is 9.98. The third-order valence-electron chi connectivity index (χ3n) is 6.45. The molecular weight excluding hydrogens is 511 g/mol. The standard InChI is InChI=1S/C27H33F5N2O2S/c1-2-3-10-37-11-7-25(36)34-23(14-18-12-21(28)16-22(29)13-18)24(35)17-33-26(8-9-26)19-5-4-6-20(15-19)27(30,31)32/h4-6,12-13,15-16,23-24,33,35H,2-3,7-11,14,17H2,1H3,(H,34,36). The Balaban J connectivity index is 1.67. The van der Waals surface area contributed by atoms with E-state index in [2.05, 4.69) is 17.6 Å². The van der Waals surface area contributed by atoms with Crippen molar-refractivity contribution in [1.29, 1.82) is 0 Å². The highest BCUT2D eigenvalue weighted by atomic mass is 32.2. The van der Waals surface area contributed by atoms with E-state index in [9.17, 15) is 31.9 Å². The first-order chi connectivity index (χ1) is 17.5. The van der Waals surface area contributed by atoms with Crippen LogP contribution in [-0.2, 0) is 22.9 Å². The second-order valence-electron chi connectivity index (χ2n) is 9.48. The van der Waals surface area contributed by atoms with Gasteiger partial charge in [-0.1, -0.05) is 25.5 Å². The van der Waals surface area contributed by atoms with E-state index in [0.717, 1.165) is 48.9 Å². The van der Waals surface area contributed by atoms with Gasteiger partial charge in [-0.05, 0) is 66.8 Å². The SMILES string of the molecule is CCCCSCCC(=O)NC(Cc1cc(F)cc(F)c1)C(O)CNC1(c2cccc(C(F)(F)F)c2)CC1. The summed E-state index contributed by atoms with van der Waals surface area (Å²) >= 11 is 1.66. The zero-order chi connectivity index (χ0) is 27.1. The number of aliphatic hydroxyl groups excluding tert-OH is 1. The van der Waals surface area contributed by atoms with Gasteiger partial charge in [-0.15, -0.1) is 0 Å². The molecule has 1 aliphatic carbocycles. The van der Waals surface area contributed by atoms with Crippen LogP contribution in [-0.4, -0.2) is 41.2 Å². The van der Waals surface area contributed by atoms with E-state index in [-0.39, 0.29) is 30.9 Å². The molecule has 1 saturated carbocycles. The molecule has 2 aromatic rings. The number of thioether (sulfide) groups is 1. The smallest absolute Gasteiger partial charge is 0.390 e. The average Bonchev–Trinajstić information content (AvgIpc) is 3.62. The van der Waals surface area contributed by atoms with Gasteiger partial charge >= 0.3 is 6.18 Å². The van der Waals surface area contributed by atoms with Crippen molar-refractivity contribution in [2.75, 3.05) is 18.1 Å². The molecule has 0 aromatic heterocycles. The van der Waals surface area contributed by atoms with Gasteiger partial charge in [-0.3, -0.25) is 4.79 Å². The molecule has 4 nitrogen and oxygen atoms in total. The quantitative estimate of drug-likeness (QED) is 0.215. The number of carbonyl (C=O) groups excluding carboxylic acids is 1. The number of carbonyl (C=O) groups is 1. The van der Waals surface area contributed by atoms with Crippen molar-refractivity contribution < 1.29 is 31.9 Å². The molecule has 1 fully saturated rings. The van der Waals surface area contributed by atoms with Crippen molar-refractivity contribution in [3.8, 4) is 0 Å². The summed E-state index contributed by atoms with van der Waals surface area (Å²) < 4.78 is 67.0. The molecule has 0 saturated heterocycles. The molecule has 0 spiro atoms. The van der Waals surface area contributed by atoms with E-state index in [1.807, 2.05) is 0 Å². The number of hydrogen-bond donors (Lipinski definition) is 3. The number of alkyl halides is 3. The summed E-state index contributed by atoms with van der Waals surface area (Å²) in [5, 5.41) is 16.9. The van der Waals surface area contributed by atoms with Gasteiger partial charge in [0, 0.05) is 30.3 Å². The monoisotopic (exact) mass is 544 g/mol. The number of halogens is 5. The molecule has 2 aromatic carbocycles. The number of nitrogens with one attached hydrogen (secondary N) is 2. The number of benzene rings is 2. The molecule has 37 heavy (non-hydrogen) atoms. The van der Waals surface area contributed by atoms with Gasteiger partial charge in [0.05, 0.1) is 17.7 Å². The van der Waals surface area contributed by atoms with Gasteiger partial charge in [0.15, 0.2) is 0 Å². The highest BCUT2D eigenvalue weighted by Crippen LogP contribution is 2.46. The molecular formula is C27H33F5N2O2S. The molecule has 0 aliphatic heterocycles. The molecule has 1 aliphatic rings. The zero-order valence-electron chi connectivity index (χ0n) is 20.7. The summed E-state index contributed by atoms with van der Waals surface area (Å²) in [4.78, 5) is 12.6. The Morgan fingerprint density at radius 1 is 1.11 bits per heavy atom. The van der Waals surface area contributed by atoms with Gasteiger partial charge in [-0.2, -0.15) is 24.9 Å². The van der Waals surface area contributed by atoms with Gasteiger partial charge in [0.1, 0.15) is 11.6 Å². The highest BCUT2D eigenvalue weighted by Gasteiger charge is 2.45. The normalized spacial score (nSPS) is 16.3. The lowest BCUT2D eigenvalue weighted by Crippen LogP contribution is -2.50. The Hall–Kier alpha value is -2.17. The maximum atomic E-state index is 13.7. The van der Waals surface area contributed by atoms with Crippen LogP contribution in [0.15, 0.2) is 42.5 Å². The van der Waals surface area contributed by atoms with Gasteiger partial charge in [-0.25, -0.2) is 8.78 Å². The fraction of sp³-hybridized carbons (Fsp3) is 0.519. The molecule has 0 heterocycles. The van der Waals surface area contributed by atoms with Crippen molar-refractivity contribution in [3.05, 3.63) is 70.8 Å². The van der Waals surface area contributed by atoms with Gasteiger partial charge < -0.3 is 15.7 Å². The summed E-state index contributed by atoms with van der Waals surface area (Å²) in [6.07, 6.45) is -2.07. The minimum atomic E-state index is -4.46. The summed E-state index contributed by atoms with van der Waals surface area (Å²) in [5.74, 6) is -0.257. The Morgan fingerprint density at radius 3 is 2.43 bits per heavy atom. The minimum absolute atomic E-state index is 0.0111. The van der Waals surface area contributed by atoms with Crippen molar-refractivity contribution in [2.45, 2.75) is 69.3 Å². The van der Waals surface area contributed by atoms with E-state index < -0.39 is 41.1 Å². The number of unbranched alkanes of at least 4 members (excludes halogenated alkanes) is 1. The Morgan fingerprint density at radius 2 is 1.81 bits per heavy atom. The van der Waals surface area contributed by atoms with Crippen LogP contribution >= 0.6 is 11.8 Å². The Kier molecular flexibility index (Phi) is 10.4. The number of hydrogen-bond acceptors (Lipinski definition) is 4. The first-order valence-electron chi connectivity index (χ1n) is 12.5. The van der Waals surface area contributed by atoms with E-state index in [0.29, 0.717) is 24.2 Å². The van der Waals surface area contributed by atoms with Crippen LogP contribution in [0.3, 0.4) is 0 Å². The number of aliphatic hydroxyl groups is 1. The second kappa shape index (κ2) is 13.1. The van der Waals surface area contributed by atoms with Crippen LogP contribution in [0, 0.1) is 11.6 Å². The predicted molar refractivity (Wildman–Crippen MR) is 135 cm³/mol. The first kappa shape index (κ1) is 29.4. The third kappa shape index (κ3) is 8.97. The largest absolute Gasteiger partial charge is 0.416 e. The molecule has 0 radical (unpaired) electrons. The summed E-state index contributed by atoms with van der Waals surface area (Å²) in [7, 11) is 0. The molecule has 1 amide bonds. The van der Waals surface area contributed by atoms with E-state index in [4.69, 9.17) is 0 Å². The lowest BCUT2D eigenvalue weighted by molar-refractivity contribution is -0.137. The van der Waals surface area contributed by atoms with Crippen molar-refractivity contribution in [1.82, 2.24) is 10.6 Å². The van der Waals surface area contributed by atoms with Crippen LogP contribution in [0.4, 0.5) is 22.0 Å². The number of amides is 1. The van der Waals surface area contributed by atoms with Crippen LogP contribution < -0.4 is 10.6 Å². The van der Waals surface area contributed by atoms with Crippen LogP contribution in [0.2, 0.25) is 0 Å². The molecule has 2 atom stereocenters. The molecule has 3 rings (SSSR count). The Bertz CT molecular complexity index is 1030. The molecule has 0 bridgehead atoms. The second-order valence-corrected chi connectivity index (χ2v) is 10.7. The summed E-state index contributed by atoms with van der Waals surface area (Å²) in [6.45, 7) is 2.06. The summed E-state index contributed by atoms with van der Waals surface area (Å²) in [5.41, 5.74) is -0.684. The first-order valence-corrected chi connectivity index (χ1v) is 13.6. The van der Waals surface area contributed by atoms with Crippen molar-refractivity contribution in [3.63, 3.8) is 0 Å². The molecule has 10 heteroatoms. The van der Waals surface area contributed by atoms with Crippen LogP contribution in [0.25, 0.3) is 0 Å². The fourth-order valence-electron chi connectivity index (χ4n) is 4.19. The molecule has 3 N–H and O–H groups in total. The van der Waals surface area contributed by atoms with Crippen LogP contribution in [0.1, 0.15) is 55.7 Å². The average molecular weight is 545 g/mol. The Labute approximate surface area is 218 Å². The van der Waals surface area contributed by atoms with Gasteiger partial charge in [0.25, 0.3) is 0 Å². The van der Waals surface area contributed by atoms with Crippen molar-refractivity contribution >= 4 is 17.7 Å².